The van der Waals surface area contributed by atoms with Gasteiger partial charge in [0.25, 0.3) is 0 Å². The normalized spacial score (nSPS) is 12.2. The van der Waals surface area contributed by atoms with Gasteiger partial charge in [0.2, 0.25) is 0 Å². The minimum Gasteiger partial charge on any atom is -0.392 e. The van der Waals surface area contributed by atoms with E-state index in [1.165, 1.54) is 24.1 Å². The van der Waals surface area contributed by atoms with E-state index < -0.39 is 0 Å². The number of hydrogen-bond donors (Lipinski definition) is 1. The Kier molecular flexibility index (Phi) is 9.00. The van der Waals surface area contributed by atoms with Crippen molar-refractivity contribution in [2.24, 2.45) is 13.0 Å². The Hall–Kier alpha value is -2.53. The molecule has 2 aromatic heterocycles. The molecule has 4 nitrogen and oxygen atoms in total. The summed E-state index contributed by atoms with van der Waals surface area (Å²) in [5.41, 5.74) is 4.51. The van der Waals surface area contributed by atoms with Gasteiger partial charge in [0.15, 0.2) is 0 Å². The molecule has 0 atom stereocenters. The predicted octanol–water partition coefficient (Wildman–Crippen LogP) is 6.10. The lowest BCUT2D eigenvalue weighted by molar-refractivity contribution is 0.824. The molecule has 0 amide bonds. The second-order valence-electron chi connectivity index (χ2n) is 6.70. The molecule has 1 aliphatic rings. The molecule has 1 aromatic carbocycles. The maximum Gasteiger partial charge on any atom is 0.109 e. The number of hydrogen-bond acceptors (Lipinski definition) is 4. The van der Waals surface area contributed by atoms with Crippen molar-refractivity contribution < 1.29 is 0 Å². The molecule has 29 heavy (non-hydrogen) atoms. The Labute approximate surface area is 179 Å². The fraction of sp³-hybridized carbons (Fsp3) is 0.333. The zero-order valence-electron chi connectivity index (χ0n) is 18.1. The van der Waals surface area contributed by atoms with Gasteiger partial charge in [-0.2, -0.15) is 0 Å². The molecular weight excluding hydrogens is 376 g/mol. The lowest BCUT2D eigenvalue weighted by Crippen LogP contribution is -2.04. The third-order valence-electron chi connectivity index (χ3n) is 4.41. The summed E-state index contributed by atoms with van der Waals surface area (Å²) < 4.78 is 2.04. The lowest BCUT2D eigenvalue weighted by Gasteiger charge is -2.05. The van der Waals surface area contributed by atoms with E-state index in [1.807, 2.05) is 76.2 Å². The molecule has 4 rings (SSSR count). The number of pyridine rings is 1. The quantitative estimate of drug-likeness (QED) is 0.554. The summed E-state index contributed by atoms with van der Waals surface area (Å²) in [6.45, 7) is 9.87. The summed E-state index contributed by atoms with van der Waals surface area (Å²) in [4.78, 5) is 8.96. The summed E-state index contributed by atoms with van der Waals surface area (Å²) >= 11 is 1.64. The maximum absolute atomic E-state index is 4.51. The number of imidazole rings is 1. The molecule has 2 heterocycles. The van der Waals surface area contributed by atoms with Gasteiger partial charge in [-0.25, -0.2) is 9.97 Å². The minimum absolute atomic E-state index is 0.810. The number of aromatic nitrogens is 3. The molecular formula is C24H32N4S. The SMILES string of the molecule is C=C(NC)C1CC1.CC.Cc1ccc(Sc2c(-c3ccccc3)ncn2C)nc1. The van der Waals surface area contributed by atoms with Crippen molar-refractivity contribution in [3.63, 3.8) is 0 Å². The average Bonchev–Trinajstić information content (AvgIpc) is 3.56. The van der Waals surface area contributed by atoms with Crippen molar-refractivity contribution in [2.75, 3.05) is 7.05 Å². The topological polar surface area (TPSA) is 42.7 Å². The Bertz CT molecular complexity index is 881. The summed E-state index contributed by atoms with van der Waals surface area (Å²) in [6.07, 6.45) is 6.43. The van der Waals surface area contributed by atoms with E-state index in [2.05, 4.69) is 40.1 Å². The predicted molar refractivity (Wildman–Crippen MR) is 124 cm³/mol. The summed E-state index contributed by atoms with van der Waals surface area (Å²) in [5.74, 6) is 0.810. The molecule has 154 valence electrons. The Morgan fingerprint density at radius 3 is 2.31 bits per heavy atom. The van der Waals surface area contributed by atoms with Crippen LogP contribution in [-0.2, 0) is 7.05 Å². The third-order valence-corrected chi connectivity index (χ3v) is 5.53. The van der Waals surface area contributed by atoms with Gasteiger partial charge in [-0.3, -0.25) is 0 Å². The van der Waals surface area contributed by atoms with Gasteiger partial charge in [-0.15, -0.1) is 0 Å². The molecule has 1 aliphatic carbocycles. The minimum atomic E-state index is 0.810. The van der Waals surface area contributed by atoms with Crippen LogP contribution in [0.5, 0.6) is 0 Å². The fourth-order valence-electron chi connectivity index (χ4n) is 2.58. The molecule has 0 saturated heterocycles. The van der Waals surface area contributed by atoms with Crippen molar-refractivity contribution in [3.8, 4) is 11.3 Å². The van der Waals surface area contributed by atoms with E-state index in [0.717, 1.165) is 27.2 Å². The van der Waals surface area contributed by atoms with Crippen LogP contribution >= 0.6 is 11.8 Å². The van der Waals surface area contributed by atoms with E-state index in [1.54, 1.807) is 11.8 Å². The van der Waals surface area contributed by atoms with Crippen molar-refractivity contribution in [2.45, 2.75) is 43.7 Å². The van der Waals surface area contributed by atoms with Crippen LogP contribution in [0.4, 0.5) is 0 Å². The second kappa shape index (κ2) is 11.5. The van der Waals surface area contributed by atoms with Crippen LogP contribution in [0.3, 0.4) is 0 Å². The molecule has 1 saturated carbocycles. The van der Waals surface area contributed by atoms with Crippen LogP contribution in [0.25, 0.3) is 11.3 Å². The van der Waals surface area contributed by atoms with E-state index in [-0.39, 0.29) is 0 Å². The summed E-state index contributed by atoms with van der Waals surface area (Å²) in [7, 11) is 3.94. The van der Waals surface area contributed by atoms with Gasteiger partial charge in [0.1, 0.15) is 15.7 Å². The van der Waals surface area contributed by atoms with Gasteiger partial charge in [-0.1, -0.05) is 56.8 Å². The highest BCUT2D eigenvalue weighted by molar-refractivity contribution is 7.99. The summed E-state index contributed by atoms with van der Waals surface area (Å²) in [6, 6.07) is 14.4. The molecule has 0 spiro atoms. The molecule has 0 bridgehead atoms. The van der Waals surface area contributed by atoms with Crippen LogP contribution in [0.2, 0.25) is 0 Å². The molecule has 0 radical (unpaired) electrons. The summed E-state index contributed by atoms with van der Waals surface area (Å²) in [5, 5.41) is 5.12. The molecule has 1 fully saturated rings. The first kappa shape index (κ1) is 22.8. The van der Waals surface area contributed by atoms with Gasteiger partial charge in [0.05, 0.1) is 6.33 Å². The Morgan fingerprint density at radius 2 is 1.79 bits per heavy atom. The van der Waals surface area contributed by atoms with E-state index >= 15 is 0 Å². The highest BCUT2D eigenvalue weighted by atomic mass is 32.2. The monoisotopic (exact) mass is 408 g/mol. The van der Waals surface area contributed by atoms with E-state index in [0.29, 0.717) is 0 Å². The number of nitrogens with zero attached hydrogens (tertiary/aromatic N) is 3. The molecule has 5 heteroatoms. The van der Waals surface area contributed by atoms with Crippen molar-refractivity contribution >= 4 is 11.8 Å². The number of aryl methyl sites for hydroxylation is 2. The van der Waals surface area contributed by atoms with Crippen molar-refractivity contribution in [1.29, 1.82) is 0 Å². The Morgan fingerprint density at radius 1 is 1.10 bits per heavy atom. The standard InChI is InChI=1S/C16H15N3S.C6H11N.C2H6/c1-12-8-9-14(17-10-12)20-16-15(18-11-19(16)2)13-6-4-3-5-7-13;1-5(7-2)6-3-4-6;1-2/h3-11H,1-2H3;6-7H,1,3-4H2,2H3;1-2H3. The zero-order valence-corrected chi connectivity index (χ0v) is 19.0. The van der Waals surface area contributed by atoms with Crippen molar-refractivity contribution in [3.05, 3.63) is 72.8 Å². The van der Waals surface area contributed by atoms with E-state index in [9.17, 15) is 0 Å². The number of rotatable bonds is 5. The van der Waals surface area contributed by atoms with Gasteiger partial charge < -0.3 is 9.88 Å². The largest absolute Gasteiger partial charge is 0.392 e. The van der Waals surface area contributed by atoms with E-state index in [4.69, 9.17) is 0 Å². The van der Waals surface area contributed by atoms with Crippen LogP contribution in [0.1, 0.15) is 32.3 Å². The highest BCUT2D eigenvalue weighted by Crippen LogP contribution is 2.34. The van der Waals surface area contributed by atoms with Crippen LogP contribution in [0, 0.1) is 12.8 Å². The van der Waals surface area contributed by atoms with Crippen LogP contribution in [0.15, 0.2) is 77.3 Å². The number of allylic oxidation sites excluding steroid dienone is 1. The lowest BCUT2D eigenvalue weighted by atomic mass is 10.2. The molecule has 1 N–H and O–H groups in total. The average molecular weight is 409 g/mol. The van der Waals surface area contributed by atoms with Gasteiger partial charge in [-0.05, 0) is 49.1 Å². The fourth-order valence-corrected chi connectivity index (χ4v) is 3.48. The second-order valence-corrected chi connectivity index (χ2v) is 7.71. The zero-order chi connectivity index (χ0) is 21.2. The third kappa shape index (κ3) is 6.79. The first-order valence-electron chi connectivity index (χ1n) is 10.1. The maximum atomic E-state index is 4.51. The first-order valence-corrected chi connectivity index (χ1v) is 10.9. The highest BCUT2D eigenvalue weighted by Gasteiger charge is 2.23. The van der Waals surface area contributed by atoms with Gasteiger partial charge in [0, 0.05) is 31.6 Å². The Balaban J connectivity index is 0.000000280. The number of benzene rings is 1. The molecule has 0 aliphatic heterocycles. The van der Waals surface area contributed by atoms with Crippen LogP contribution in [-0.4, -0.2) is 21.6 Å². The van der Waals surface area contributed by atoms with Crippen LogP contribution < -0.4 is 5.32 Å². The smallest absolute Gasteiger partial charge is 0.109 e. The molecule has 0 unspecified atom stereocenters. The van der Waals surface area contributed by atoms with Gasteiger partial charge >= 0.3 is 0 Å². The molecule has 3 aromatic rings. The number of nitrogens with one attached hydrogen (secondary N) is 1. The van der Waals surface area contributed by atoms with Crippen molar-refractivity contribution in [1.82, 2.24) is 19.9 Å². The first-order chi connectivity index (χ1) is 14.1.